The van der Waals surface area contributed by atoms with Crippen LogP contribution in [0.3, 0.4) is 0 Å². The van der Waals surface area contributed by atoms with Gasteiger partial charge in [-0.1, -0.05) is 50.6 Å². The Hall–Kier alpha value is -1.77. The summed E-state index contributed by atoms with van der Waals surface area (Å²) in [6.07, 6.45) is 7.11. The SMILES string of the molecule is C=CCNC(OCC=C)=[N+](CC=C)CC=C. The van der Waals surface area contributed by atoms with Crippen molar-refractivity contribution in [1.82, 2.24) is 5.32 Å². The van der Waals surface area contributed by atoms with Crippen molar-refractivity contribution in [3.05, 3.63) is 50.6 Å². The van der Waals surface area contributed by atoms with E-state index in [1.165, 1.54) is 0 Å². The van der Waals surface area contributed by atoms with E-state index in [4.69, 9.17) is 4.74 Å². The smallest absolute Gasteiger partial charge is 0.427 e. The van der Waals surface area contributed by atoms with Crippen LogP contribution in [0.15, 0.2) is 50.6 Å². The summed E-state index contributed by atoms with van der Waals surface area (Å²) >= 11 is 0. The molecule has 0 saturated carbocycles. The molecule has 0 aliphatic heterocycles. The number of nitrogens with zero attached hydrogens (tertiary/aromatic N) is 1. The van der Waals surface area contributed by atoms with Gasteiger partial charge in [0, 0.05) is 0 Å². The third-order valence-electron chi connectivity index (χ3n) is 1.72. The Morgan fingerprint density at radius 2 is 1.62 bits per heavy atom. The molecule has 1 N–H and O–H groups in total. The van der Waals surface area contributed by atoms with Crippen molar-refractivity contribution in [1.29, 1.82) is 0 Å². The predicted octanol–water partition coefficient (Wildman–Crippen LogP) is 1.71. The first kappa shape index (κ1) is 14.2. The molecule has 0 aromatic heterocycles. The van der Waals surface area contributed by atoms with Gasteiger partial charge in [-0.25, -0.2) is 9.89 Å². The van der Waals surface area contributed by atoms with E-state index in [0.717, 1.165) is 0 Å². The van der Waals surface area contributed by atoms with Crippen LogP contribution in [0.1, 0.15) is 0 Å². The Balaban J connectivity index is 4.73. The van der Waals surface area contributed by atoms with Crippen molar-refractivity contribution >= 4 is 6.02 Å². The lowest BCUT2D eigenvalue weighted by Crippen LogP contribution is -2.36. The molecule has 0 aliphatic carbocycles. The highest BCUT2D eigenvalue weighted by Gasteiger charge is 2.11. The molecule has 0 heterocycles. The van der Waals surface area contributed by atoms with E-state index in [1.807, 2.05) is 16.7 Å². The second kappa shape index (κ2) is 9.77. The second-order valence-electron chi connectivity index (χ2n) is 3.06. The van der Waals surface area contributed by atoms with Gasteiger partial charge < -0.3 is 4.74 Å². The zero-order valence-electron chi connectivity index (χ0n) is 9.82. The van der Waals surface area contributed by atoms with Crippen LogP contribution in [0.4, 0.5) is 0 Å². The van der Waals surface area contributed by atoms with Crippen LogP contribution in [0.5, 0.6) is 0 Å². The van der Waals surface area contributed by atoms with Crippen molar-refractivity contribution in [3.8, 4) is 0 Å². The van der Waals surface area contributed by atoms with Gasteiger partial charge in [0.25, 0.3) is 0 Å². The molecule has 0 atom stereocenters. The highest BCUT2D eigenvalue weighted by Crippen LogP contribution is 1.86. The van der Waals surface area contributed by atoms with E-state index >= 15 is 0 Å². The van der Waals surface area contributed by atoms with Crippen LogP contribution in [0.25, 0.3) is 0 Å². The highest BCUT2D eigenvalue weighted by atomic mass is 16.5. The molecule has 0 aromatic carbocycles. The summed E-state index contributed by atoms with van der Waals surface area (Å²) in [6, 6.07) is 0.694. The summed E-state index contributed by atoms with van der Waals surface area (Å²) < 4.78 is 7.52. The minimum atomic E-state index is 0.463. The molecule has 0 fully saturated rings. The van der Waals surface area contributed by atoms with E-state index in [9.17, 15) is 0 Å². The molecule has 0 bridgehead atoms. The van der Waals surface area contributed by atoms with Gasteiger partial charge in [0.1, 0.15) is 26.2 Å². The molecule has 0 amide bonds. The van der Waals surface area contributed by atoms with Crippen LogP contribution in [0, 0.1) is 0 Å². The Bertz CT molecular complexity index is 254. The second-order valence-corrected chi connectivity index (χ2v) is 3.06. The summed E-state index contributed by atoms with van der Waals surface area (Å²) in [4.78, 5) is 0. The third-order valence-corrected chi connectivity index (χ3v) is 1.72. The first-order chi connectivity index (χ1) is 7.79. The molecule has 0 aromatic rings. The first-order valence-electron chi connectivity index (χ1n) is 5.22. The van der Waals surface area contributed by atoms with Crippen LogP contribution in [0.2, 0.25) is 0 Å². The Kier molecular flexibility index (Phi) is 8.69. The highest BCUT2D eigenvalue weighted by molar-refractivity contribution is 5.68. The lowest BCUT2D eigenvalue weighted by atomic mass is 10.5. The number of hydrogen-bond acceptors (Lipinski definition) is 1. The fourth-order valence-corrected chi connectivity index (χ4v) is 1.10. The first-order valence-corrected chi connectivity index (χ1v) is 5.22. The molecule has 16 heavy (non-hydrogen) atoms. The summed E-state index contributed by atoms with van der Waals surface area (Å²) in [5, 5.41) is 3.13. The maximum atomic E-state index is 5.53. The zero-order valence-corrected chi connectivity index (χ0v) is 9.82. The summed E-state index contributed by atoms with van der Waals surface area (Å²) in [7, 11) is 0. The van der Waals surface area contributed by atoms with Crippen molar-refractivity contribution in [2.24, 2.45) is 0 Å². The van der Waals surface area contributed by atoms with Gasteiger partial charge in [-0.3, -0.25) is 0 Å². The molecule has 0 rings (SSSR count). The van der Waals surface area contributed by atoms with Crippen molar-refractivity contribution in [2.75, 3.05) is 26.2 Å². The van der Waals surface area contributed by atoms with Crippen molar-refractivity contribution < 1.29 is 9.31 Å². The molecule has 0 spiro atoms. The summed E-state index contributed by atoms with van der Waals surface area (Å²) in [6.45, 7) is 17.2. The van der Waals surface area contributed by atoms with E-state index in [0.29, 0.717) is 32.3 Å². The molecule has 3 heteroatoms. The fourth-order valence-electron chi connectivity index (χ4n) is 1.10. The molecule has 0 radical (unpaired) electrons. The molecule has 0 saturated heterocycles. The molecular formula is C13H21N2O+. The van der Waals surface area contributed by atoms with E-state index < -0.39 is 0 Å². The van der Waals surface area contributed by atoms with Gasteiger partial charge in [-0.15, -0.1) is 0 Å². The van der Waals surface area contributed by atoms with Gasteiger partial charge in [0.05, 0.1) is 0 Å². The maximum absolute atomic E-state index is 5.53. The number of ether oxygens (including phenoxy) is 1. The van der Waals surface area contributed by atoms with Crippen LogP contribution < -0.4 is 5.32 Å². The molecule has 0 aliphatic rings. The fraction of sp³-hybridized carbons (Fsp3) is 0.308. The maximum Gasteiger partial charge on any atom is 0.445 e. The monoisotopic (exact) mass is 221 g/mol. The standard InChI is InChI=1S/C13H20N2O/c1-5-9-14-13(16-12-8-4)15(10-6-2)11-7-3/h5-8H,1-4,9-12H2/p+1. The van der Waals surface area contributed by atoms with Gasteiger partial charge in [-0.05, 0) is 0 Å². The van der Waals surface area contributed by atoms with Gasteiger partial charge >= 0.3 is 6.02 Å². The van der Waals surface area contributed by atoms with E-state index in [1.54, 1.807) is 12.2 Å². The Morgan fingerprint density at radius 1 is 1.00 bits per heavy atom. The third kappa shape index (κ3) is 5.86. The molecule has 3 nitrogen and oxygen atoms in total. The van der Waals surface area contributed by atoms with Crippen molar-refractivity contribution in [3.63, 3.8) is 0 Å². The number of hydrogen-bond donors (Lipinski definition) is 1. The predicted molar refractivity (Wildman–Crippen MR) is 69.7 cm³/mol. The topological polar surface area (TPSA) is 24.3 Å². The minimum Gasteiger partial charge on any atom is -0.427 e. The van der Waals surface area contributed by atoms with Crippen molar-refractivity contribution in [2.45, 2.75) is 0 Å². The zero-order chi connectivity index (χ0) is 12.2. The largest absolute Gasteiger partial charge is 0.445 e. The Labute approximate surface area is 98.1 Å². The lowest BCUT2D eigenvalue weighted by Gasteiger charge is -2.09. The van der Waals surface area contributed by atoms with Crippen LogP contribution in [-0.4, -0.2) is 36.8 Å². The Morgan fingerprint density at radius 3 is 2.06 bits per heavy atom. The van der Waals surface area contributed by atoms with Gasteiger partial charge in [0.2, 0.25) is 0 Å². The molecular weight excluding hydrogens is 200 g/mol. The number of rotatable bonds is 8. The van der Waals surface area contributed by atoms with Crippen LogP contribution in [-0.2, 0) is 4.74 Å². The normalized spacial score (nSPS) is 8.75. The number of nitrogens with one attached hydrogen (secondary N) is 1. The summed E-state index contributed by atoms with van der Waals surface area (Å²) in [5.74, 6) is 0. The average Bonchev–Trinajstić information content (AvgIpc) is 2.29. The molecule has 0 unspecified atom stereocenters. The lowest BCUT2D eigenvalue weighted by molar-refractivity contribution is -0.518. The van der Waals surface area contributed by atoms with Gasteiger partial charge in [-0.2, -0.15) is 0 Å². The van der Waals surface area contributed by atoms with Gasteiger partial charge in [0.15, 0.2) is 0 Å². The summed E-state index contributed by atoms with van der Waals surface area (Å²) in [5.41, 5.74) is 0. The average molecular weight is 221 g/mol. The quantitative estimate of drug-likeness (QED) is 0.292. The van der Waals surface area contributed by atoms with Crippen LogP contribution >= 0.6 is 0 Å². The minimum absolute atomic E-state index is 0.463. The molecule has 88 valence electrons. The van der Waals surface area contributed by atoms with E-state index in [2.05, 4.69) is 31.6 Å². The number of amidine groups is 1. The van der Waals surface area contributed by atoms with E-state index in [-0.39, 0.29) is 0 Å².